The minimum absolute atomic E-state index is 0.789. The maximum atomic E-state index is 2.60. The van der Waals surface area contributed by atoms with E-state index in [-0.39, 0.29) is 0 Å². The van der Waals surface area contributed by atoms with Gasteiger partial charge in [0.2, 0.25) is 0 Å². The molecule has 0 unspecified atom stereocenters. The van der Waals surface area contributed by atoms with Crippen molar-refractivity contribution in [2.24, 2.45) is 17.8 Å². The van der Waals surface area contributed by atoms with Crippen molar-refractivity contribution in [1.29, 1.82) is 0 Å². The van der Waals surface area contributed by atoms with Crippen molar-refractivity contribution in [3.63, 3.8) is 0 Å². The number of hydrogen-bond acceptors (Lipinski definition) is 1. The number of rotatable bonds is 6. The van der Waals surface area contributed by atoms with Crippen LogP contribution in [0.4, 0.5) is 0 Å². The molecular formula is C12H27N. The summed E-state index contributed by atoms with van der Waals surface area (Å²) in [6.45, 7) is 17.5. The molecule has 0 spiro atoms. The Morgan fingerprint density at radius 1 is 0.615 bits per heavy atom. The summed E-state index contributed by atoms with van der Waals surface area (Å²) in [5.74, 6) is 2.37. The molecule has 0 rings (SSSR count). The van der Waals surface area contributed by atoms with Crippen LogP contribution in [0.25, 0.3) is 0 Å². The Kier molecular flexibility index (Phi) is 6.40. The lowest BCUT2D eigenvalue weighted by Gasteiger charge is -2.27. The summed E-state index contributed by atoms with van der Waals surface area (Å²) in [6, 6.07) is 0. The Hall–Kier alpha value is -0.0400. The molecule has 0 fully saturated rings. The predicted octanol–water partition coefficient (Wildman–Crippen LogP) is 3.26. The lowest BCUT2D eigenvalue weighted by atomic mass is 10.1. The molecule has 0 atom stereocenters. The molecule has 0 heterocycles. The molecule has 0 N–H and O–H groups in total. The molecule has 0 aromatic heterocycles. The van der Waals surface area contributed by atoms with Gasteiger partial charge in [-0.05, 0) is 17.8 Å². The lowest BCUT2D eigenvalue weighted by Crippen LogP contribution is -2.34. The first-order valence-corrected chi connectivity index (χ1v) is 5.64. The molecule has 0 amide bonds. The Bertz CT molecular complexity index is 92.5. The van der Waals surface area contributed by atoms with Crippen molar-refractivity contribution in [3.05, 3.63) is 0 Å². The topological polar surface area (TPSA) is 3.24 Å². The van der Waals surface area contributed by atoms with Gasteiger partial charge in [-0.2, -0.15) is 0 Å². The van der Waals surface area contributed by atoms with Gasteiger partial charge < -0.3 is 4.90 Å². The van der Waals surface area contributed by atoms with E-state index >= 15 is 0 Å². The normalized spacial score (nSPS) is 12.5. The maximum Gasteiger partial charge on any atom is 0.000461 e. The van der Waals surface area contributed by atoms with Crippen LogP contribution in [0.15, 0.2) is 0 Å². The highest BCUT2D eigenvalue weighted by Gasteiger charge is 2.10. The van der Waals surface area contributed by atoms with Gasteiger partial charge in [0, 0.05) is 19.6 Å². The quantitative estimate of drug-likeness (QED) is 0.614. The molecule has 0 saturated carbocycles. The second-order valence-electron chi connectivity index (χ2n) is 5.40. The monoisotopic (exact) mass is 185 g/mol. The van der Waals surface area contributed by atoms with Gasteiger partial charge in [-0.3, -0.25) is 0 Å². The van der Waals surface area contributed by atoms with Gasteiger partial charge in [0.25, 0.3) is 0 Å². The van der Waals surface area contributed by atoms with Crippen molar-refractivity contribution in [1.82, 2.24) is 4.90 Å². The van der Waals surface area contributed by atoms with Crippen LogP contribution in [0.3, 0.4) is 0 Å². The van der Waals surface area contributed by atoms with E-state index in [1.165, 1.54) is 19.6 Å². The van der Waals surface area contributed by atoms with E-state index < -0.39 is 0 Å². The third-order valence-electron chi connectivity index (χ3n) is 1.87. The Morgan fingerprint density at radius 3 is 1.00 bits per heavy atom. The smallest absolute Gasteiger partial charge is 0.000461 e. The summed E-state index contributed by atoms with van der Waals surface area (Å²) in [4.78, 5) is 2.60. The molecule has 0 aromatic carbocycles. The molecule has 0 aliphatic rings. The van der Waals surface area contributed by atoms with E-state index in [2.05, 4.69) is 46.4 Å². The summed E-state index contributed by atoms with van der Waals surface area (Å²) >= 11 is 0. The van der Waals surface area contributed by atoms with Crippen molar-refractivity contribution in [2.45, 2.75) is 41.5 Å². The largest absolute Gasteiger partial charge is 0.303 e. The fraction of sp³-hybridized carbons (Fsp3) is 1.00. The average Bonchev–Trinajstić information content (AvgIpc) is 1.80. The highest BCUT2D eigenvalue weighted by atomic mass is 15.1. The molecule has 0 aromatic rings. The third kappa shape index (κ3) is 8.29. The molecule has 1 heteroatoms. The second-order valence-corrected chi connectivity index (χ2v) is 5.40. The van der Waals surface area contributed by atoms with Gasteiger partial charge in [0.05, 0.1) is 0 Å². The van der Waals surface area contributed by atoms with E-state index in [1.54, 1.807) is 0 Å². The summed E-state index contributed by atoms with van der Waals surface area (Å²) in [5, 5.41) is 0. The number of nitrogens with zero attached hydrogens (tertiary/aromatic N) is 1. The molecule has 80 valence electrons. The minimum Gasteiger partial charge on any atom is -0.303 e. The SMILES string of the molecule is CC(C)CN(CC(C)C)CC(C)C. The van der Waals surface area contributed by atoms with Gasteiger partial charge in [-0.1, -0.05) is 41.5 Å². The Labute approximate surface area is 84.5 Å². The first-order valence-electron chi connectivity index (χ1n) is 5.64. The predicted molar refractivity (Wildman–Crippen MR) is 61.0 cm³/mol. The zero-order valence-corrected chi connectivity index (χ0v) is 10.3. The van der Waals surface area contributed by atoms with E-state index in [0.29, 0.717) is 0 Å². The van der Waals surface area contributed by atoms with Crippen LogP contribution in [0.5, 0.6) is 0 Å². The van der Waals surface area contributed by atoms with Crippen LogP contribution < -0.4 is 0 Å². The van der Waals surface area contributed by atoms with Gasteiger partial charge in [0.1, 0.15) is 0 Å². The summed E-state index contributed by atoms with van der Waals surface area (Å²) < 4.78 is 0. The van der Waals surface area contributed by atoms with Crippen molar-refractivity contribution >= 4 is 0 Å². The average molecular weight is 185 g/mol. The fourth-order valence-electron chi connectivity index (χ4n) is 1.77. The van der Waals surface area contributed by atoms with Crippen molar-refractivity contribution < 1.29 is 0 Å². The molecule has 13 heavy (non-hydrogen) atoms. The van der Waals surface area contributed by atoms with Gasteiger partial charge >= 0.3 is 0 Å². The maximum absolute atomic E-state index is 2.60. The van der Waals surface area contributed by atoms with E-state index in [1.807, 2.05) is 0 Å². The molecule has 0 saturated heterocycles. The third-order valence-corrected chi connectivity index (χ3v) is 1.87. The van der Waals surface area contributed by atoms with Crippen LogP contribution in [0.1, 0.15) is 41.5 Å². The second kappa shape index (κ2) is 6.42. The Balaban J connectivity index is 3.87. The first-order chi connectivity index (χ1) is 5.91. The summed E-state index contributed by atoms with van der Waals surface area (Å²) in [6.07, 6.45) is 0. The first kappa shape index (κ1) is 13.0. The van der Waals surface area contributed by atoms with Gasteiger partial charge in [-0.25, -0.2) is 0 Å². The molecule has 0 radical (unpaired) electrons. The highest BCUT2D eigenvalue weighted by Crippen LogP contribution is 2.06. The molecule has 0 aliphatic carbocycles. The van der Waals surface area contributed by atoms with Gasteiger partial charge in [0.15, 0.2) is 0 Å². The fourth-order valence-corrected chi connectivity index (χ4v) is 1.77. The van der Waals surface area contributed by atoms with E-state index in [0.717, 1.165) is 17.8 Å². The number of hydrogen-bond donors (Lipinski definition) is 0. The van der Waals surface area contributed by atoms with Gasteiger partial charge in [-0.15, -0.1) is 0 Å². The van der Waals surface area contributed by atoms with Crippen molar-refractivity contribution in [3.8, 4) is 0 Å². The zero-order valence-electron chi connectivity index (χ0n) is 10.3. The standard InChI is InChI=1S/C12H27N/c1-10(2)7-13(8-11(3)4)9-12(5)6/h10-12H,7-9H2,1-6H3. The van der Waals surface area contributed by atoms with E-state index in [4.69, 9.17) is 0 Å². The molecule has 0 aliphatic heterocycles. The van der Waals surface area contributed by atoms with E-state index in [9.17, 15) is 0 Å². The summed E-state index contributed by atoms with van der Waals surface area (Å²) in [5.41, 5.74) is 0. The van der Waals surface area contributed by atoms with Crippen LogP contribution in [-0.4, -0.2) is 24.5 Å². The lowest BCUT2D eigenvalue weighted by molar-refractivity contribution is 0.198. The van der Waals surface area contributed by atoms with Crippen LogP contribution in [0, 0.1) is 17.8 Å². The highest BCUT2D eigenvalue weighted by molar-refractivity contribution is 4.64. The molecular weight excluding hydrogens is 158 g/mol. The molecule has 1 nitrogen and oxygen atoms in total. The zero-order chi connectivity index (χ0) is 10.4. The van der Waals surface area contributed by atoms with Crippen LogP contribution >= 0.6 is 0 Å². The minimum atomic E-state index is 0.789. The Morgan fingerprint density at radius 2 is 0.846 bits per heavy atom. The van der Waals surface area contributed by atoms with Crippen molar-refractivity contribution in [2.75, 3.05) is 19.6 Å². The van der Waals surface area contributed by atoms with Crippen LogP contribution in [0.2, 0.25) is 0 Å². The molecule has 0 bridgehead atoms. The van der Waals surface area contributed by atoms with Crippen LogP contribution in [-0.2, 0) is 0 Å². The summed E-state index contributed by atoms with van der Waals surface area (Å²) in [7, 11) is 0.